The van der Waals surface area contributed by atoms with Crippen molar-refractivity contribution in [2.75, 3.05) is 13.1 Å². The number of piperidine rings is 1. The zero-order chi connectivity index (χ0) is 11.5. The molecule has 2 unspecified atom stereocenters. The molecule has 0 radical (unpaired) electrons. The molecule has 2 rings (SSSR count). The second kappa shape index (κ2) is 5.08. The molecule has 0 saturated carbocycles. The molecule has 0 aliphatic carbocycles. The summed E-state index contributed by atoms with van der Waals surface area (Å²) in [5, 5.41) is 7.96. The van der Waals surface area contributed by atoms with E-state index in [0.29, 0.717) is 23.6 Å². The molecule has 4 nitrogen and oxygen atoms in total. The molecule has 2 heterocycles. The summed E-state index contributed by atoms with van der Waals surface area (Å²) >= 11 is 1.84. The highest BCUT2D eigenvalue weighted by molar-refractivity contribution is 8.14. The number of hydrogen-bond donors (Lipinski definition) is 2. The van der Waals surface area contributed by atoms with Crippen LogP contribution in [-0.2, 0) is 4.79 Å². The molecule has 5 heteroatoms. The lowest BCUT2D eigenvalue weighted by Crippen LogP contribution is -2.47. The van der Waals surface area contributed by atoms with Crippen LogP contribution >= 0.6 is 11.8 Å². The van der Waals surface area contributed by atoms with E-state index in [2.05, 4.69) is 29.5 Å². The average molecular weight is 241 g/mol. The van der Waals surface area contributed by atoms with Crippen molar-refractivity contribution in [2.45, 2.75) is 38.0 Å². The summed E-state index contributed by atoms with van der Waals surface area (Å²) in [5.74, 6) is 0.832. The van der Waals surface area contributed by atoms with Crippen LogP contribution in [0.3, 0.4) is 0 Å². The second-order valence-corrected chi connectivity index (χ2v) is 5.96. The standard InChI is InChI=1S/C11H19N3OS/c1-7(2)9-6-13-11(16-9)14-8-3-4-10(15)12-5-8/h7-9H,3-6H2,1-2H3,(H,12,15)(H,13,14). The SMILES string of the molecule is CC(C)C1CN=C(NC2CCC(=O)NC2)S1. The van der Waals surface area contributed by atoms with Gasteiger partial charge in [-0.2, -0.15) is 0 Å². The van der Waals surface area contributed by atoms with Gasteiger partial charge in [0.25, 0.3) is 0 Å². The smallest absolute Gasteiger partial charge is 0.220 e. The Balaban J connectivity index is 1.77. The van der Waals surface area contributed by atoms with Gasteiger partial charge in [0, 0.05) is 24.3 Å². The summed E-state index contributed by atoms with van der Waals surface area (Å²) in [4.78, 5) is 15.5. The summed E-state index contributed by atoms with van der Waals surface area (Å²) in [7, 11) is 0. The fourth-order valence-electron chi connectivity index (χ4n) is 1.85. The maximum absolute atomic E-state index is 11.0. The molecule has 0 aromatic rings. The number of amides is 1. The van der Waals surface area contributed by atoms with Crippen molar-refractivity contribution in [2.24, 2.45) is 10.9 Å². The molecule has 2 N–H and O–H groups in total. The number of carbonyl (C=O) groups excluding carboxylic acids is 1. The molecule has 0 bridgehead atoms. The van der Waals surface area contributed by atoms with Crippen molar-refractivity contribution in [3.05, 3.63) is 0 Å². The van der Waals surface area contributed by atoms with E-state index in [1.54, 1.807) is 0 Å². The Kier molecular flexibility index (Phi) is 3.74. The first-order valence-electron chi connectivity index (χ1n) is 5.89. The van der Waals surface area contributed by atoms with E-state index < -0.39 is 0 Å². The molecule has 2 aliphatic heterocycles. The van der Waals surface area contributed by atoms with Gasteiger partial charge in [0.05, 0.1) is 6.54 Å². The van der Waals surface area contributed by atoms with Crippen LogP contribution in [0.4, 0.5) is 0 Å². The van der Waals surface area contributed by atoms with Crippen molar-refractivity contribution >= 4 is 22.8 Å². The minimum atomic E-state index is 0.166. The number of nitrogens with zero attached hydrogens (tertiary/aromatic N) is 1. The maximum atomic E-state index is 11.0. The topological polar surface area (TPSA) is 53.5 Å². The lowest BCUT2D eigenvalue weighted by molar-refractivity contribution is -0.122. The van der Waals surface area contributed by atoms with Gasteiger partial charge in [0.1, 0.15) is 0 Å². The molecule has 2 atom stereocenters. The monoisotopic (exact) mass is 241 g/mol. The van der Waals surface area contributed by atoms with Gasteiger partial charge in [-0.25, -0.2) is 0 Å². The van der Waals surface area contributed by atoms with Gasteiger partial charge in [-0.3, -0.25) is 9.79 Å². The van der Waals surface area contributed by atoms with Crippen molar-refractivity contribution in [3.63, 3.8) is 0 Å². The molecular formula is C11H19N3OS. The number of aliphatic imine (C=N–C) groups is 1. The first kappa shape index (κ1) is 11.8. The van der Waals surface area contributed by atoms with Gasteiger partial charge >= 0.3 is 0 Å². The van der Waals surface area contributed by atoms with Gasteiger partial charge in [-0.15, -0.1) is 0 Å². The number of thioether (sulfide) groups is 1. The van der Waals surface area contributed by atoms with Crippen LogP contribution in [0.25, 0.3) is 0 Å². The Morgan fingerprint density at radius 2 is 2.38 bits per heavy atom. The largest absolute Gasteiger partial charge is 0.360 e. The van der Waals surface area contributed by atoms with E-state index in [-0.39, 0.29) is 5.91 Å². The van der Waals surface area contributed by atoms with Crippen molar-refractivity contribution < 1.29 is 4.79 Å². The van der Waals surface area contributed by atoms with Crippen molar-refractivity contribution in [1.82, 2.24) is 10.6 Å². The molecule has 2 aliphatic rings. The van der Waals surface area contributed by atoms with E-state index in [9.17, 15) is 4.79 Å². The molecule has 1 amide bonds. The molecule has 0 spiro atoms. The molecule has 0 aromatic carbocycles. The average Bonchev–Trinajstić information content (AvgIpc) is 2.70. The summed E-state index contributed by atoms with van der Waals surface area (Å²) in [6, 6.07) is 0.356. The Hall–Kier alpha value is -0.710. The lowest BCUT2D eigenvalue weighted by Gasteiger charge is -2.24. The number of rotatable bonds is 2. The fraction of sp³-hybridized carbons (Fsp3) is 0.818. The Morgan fingerprint density at radius 1 is 1.56 bits per heavy atom. The number of carbonyl (C=O) groups is 1. The van der Waals surface area contributed by atoms with Gasteiger partial charge in [0.15, 0.2) is 5.17 Å². The van der Waals surface area contributed by atoms with Crippen LogP contribution in [-0.4, -0.2) is 35.5 Å². The normalized spacial score (nSPS) is 30.2. The first-order chi connectivity index (χ1) is 7.65. The highest BCUT2D eigenvalue weighted by Crippen LogP contribution is 2.26. The molecule has 1 fully saturated rings. The zero-order valence-electron chi connectivity index (χ0n) is 9.82. The Bertz CT molecular complexity index is 294. The third-order valence-electron chi connectivity index (χ3n) is 3.01. The van der Waals surface area contributed by atoms with Crippen LogP contribution in [0.15, 0.2) is 4.99 Å². The van der Waals surface area contributed by atoms with Gasteiger partial charge < -0.3 is 10.6 Å². The van der Waals surface area contributed by atoms with Crippen LogP contribution in [0.1, 0.15) is 26.7 Å². The number of nitrogens with one attached hydrogen (secondary N) is 2. The predicted octanol–water partition coefficient (Wildman–Crippen LogP) is 0.982. The number of hydrogen-bond acceptors (Lipinski definition) is 4. The summed E-state index contributed by atoms with van der Waals surface area (Å²) in [5.41, 5.74) is 0. The molecule has 0 aromatic heterocycles. The third-order valence-corrected chi connectivity index (χ3v) is 4.48. The molecule has 16 heavy (non-hydrogen) atoms. The maximum Gasteiger partial charge on any atom is 0.220 e. The Labute approximate surface area is 101 Å². The molecule has 1 saturated heterocycles. The minimum Gasteiger partial charge on any atom is -0.360 e. The molecule has 90 valence electrons. The summed E-state index contributed by atoms with van der Waals surface area (Å²) in [6.45, 7) is 6.11. The first-order valence-corrected chi connectivity index (χ1v) is 6.77. The fourth-order valence-corrected chi connectivity index (χ4v) is 2.94. The van der Waals surface area contributed by atoms with Crippen LogP contribution in [0.5, 0.6) is 0 Å². The highest BCUT2D eigenvalue weighted by Gasteiger charge is 2.25. The van der Waals surface area contributed by atoms with Gasteiger partial charge in [0.2, 0.25) is 5.91 Å². The van der Waals surface area contributed by atoms with E-state index in [4.69, 9.17) is 0 Å². The third kappa shape index (κ3) is 2.90. The van der Waals surface area contributed by atoms with Crippen molar-refractivity contribution in [3.8, 4) is 0 Å². The van der Waals surface area contributed by atoms with Crippen LogP contribution in [0.2, 0.25) is 0 Å². The second-order valence-electron chi connectivity index (χ2n) is 4.73. The van der Waals surface area contributed by atoms with Crippen LogP contribution in [0, 0.1) is 5.92 Å². The summed E-state index contributed by atoms with van der Waals surface area (Å²) < 4.78 is 0. The number of amidine groups is 1. The van der Waals surface area contributed by atoms with Gasteiger partial charge in [-0.1, -0.05) is 25.6 Å². The van der Waals surface area contributed by atoms with Crippen molar-refractivity contribution in [1.29, 1.82) is 0 Å². The zero-order valence-corrected chi connectivity index (χ0v) is 10.6. The van der Waals surface area contributed by atoms with E-state index in [0.717, 1.165) is 24.7 Å². The predicted molar refractivity (Wildman–Crippen MR) is 67.7 cm³/mol. The minimum absolute atomic E-state index is 0.166. The lowest BCUT2D eigenvalue weighted by atomic mass is 10.1. The van der Waals surface area contributed by atoms with E-state index in [1.165, 1.54) is 0 Å². The highest BCUT2D eigenvalue weighted by atomic mass is 32.2. The quantitative estimate of drug-likeness (QED) is 0.758. The molecular weight excluding hydrogens is 222 g/mol. The van der Waals surface area contributed by atoms with Crippen LogP contribution < -0.4 is 10.6 Å². The summed E-state index contributed by atoms with van der Waals surface area (Å²) in [6.07, 6.45) is 1.54. The Morgan fingerprint density at radius 3 is 2.94 bits per heavy atom. The van der Waals surface area contributed by atoms with Gasteiger partial charge in [-0.05, 0) is 12.3 Å². The van der Waals surface area contributed by atoms with E-state index >= 15 is 0 Å². The van der Waals surface area contributed by atoms with E-state index in [1.807, 2.05) is 11.8 Å².